The zero-order valence-electron chi connectivity index (χ0n) is 44.1. The topological polar surface area (TPSA) is 71.3 Å². The van der Waals surface area contributed by atoms with Gasteiger partial charge in [-0.3, -0.25) is 18.3 Å². The van der Waals surface area contributed by atoms with Crippen LogP contribution in [0.4, 0.5) is 0 Å². The van der Waals surface area contributed by atoms with Crippen molar-refractivity contribution in [3.63, 3.8) is 0 Å². The zero-order chi connectivity index (χ0) is 53.8. The van der Waals surface area contributed by atoms with Gasteiger partial charge < -0.3 is 0 Å². The van der Waals surface area contributed by atoms with E-state index < -0.39 is 0 Å². The van der Waals surface area contributed by atoms with Gasteiger partial charge in [-0.15, -0.1) is 0 Å². The number of fused-ring (bicyclic) bond motifs is 12. The fourth-order valence-corrected chi connectivity index (χ4v) is 12.8. The van der Waals surface area contributed by atoms with Crippen LogP contribution in [-0.2, 0) is 0 Å². The lowest BCUT2D eigenvalue weighted by Gasteiger charge is -2.14. The van der Waals surface area contributed by atoms with Gasteiger partial charge >= 0.3 is 0 Å². The number of hydrogen-bond acceptors (Lipinski definition) is 4. The highest BCUT2D eigenvalue weighted by Crippen LogP contribution is 2.39. The molecular weight excluding hydrogens is 1000 g/mol. The van der Waals surface area contributed by atoms with E-state index >= 15 is 0 Å². The van der Waals surface area contributed by atoms with Gasteiger partial charge in [0.05, 0.1) is 55.5 Å². The lowest BCUT2D eigenvalue weighted by molar-refractivity contribution is 0.951. The van der Waals surface area contributed by atoms with Gasteiger partial charge in [-0.25, -0.2) is 9.97 Å². The molecule has 0 spiro atoms. The number of para-hydroxylation sites is 8. The quantitative estimate of drug-likeness (QED) is 0.152. The van der Waals surface area contributed by atoms with E-state index in [9.17, 15) is 0 Å². The summed E-state index contributed by atoms with van der Waals surface area (Å²) in [4.78, 5) is 21.9. The van der Waals surface area contributed by atoms with Crippen molar-refractivity contribution in [2.75, 3.05) is 0 Å². The molecule has 6 heterocycles. The Morgan fingerprint density at radius 2 is 0.402 bits per heavy atom. The first-order valence-corrected chi connectivity index (χ1v) is 27.7. The van der Waals surface area contributed by atoms with Crippen molar-refractivity contribution in [3.8, 4) is 68.3 Å². The van der Waals surface area contributed by atoms with Crippen molar-refractivity contribution < 1.29 is 0 Å². The molecule has 0 amide bonds. The highest BCUT2D eigenvalue weighted by atomic mass is 15.2. The second-order valence-corrected chi connectivity index (χ2v) is 21.0. The summed E-state index contributed by atoms with van der Waals surface area (Å²) >= 11 is 0. The third kappa shape index (κ3) is 7.11. The summed E-state index contributed by atoms with van der Waals surface area (Å²) in [5.41, 5.74) is 16.5. The maximum Gasteiger partial charge on any atom is 0.237 e. The molecule has 0 saturated carbocycles. The molecule has 8 nitrogen and oxygen atoms in total. The number of hydrogen-bond donors (Lipinski definition) is 0. The lowest BCUT2D eigenvalue weighted by Crippen LogP contribution is -2.07. The highest BCUT2D eigenvalue weighted by molar-refractivity contribution is 6.12. The number of nitrogens with zero attached hydrogens (tertiary/aromatic N) is 8. The third-order valence-corrected chi connectivity index (χ3v) is 16.4. The van der Waals surface area contributed by atoms with E-state index in [0.717, 1.165) is 122 Å². The molecule has 0 fully saturated rings. The van der Waals surface area contributed by atoms with E-state index in [1.165, 1.54) is 21.5 Å². The average molecular weight is 1050 g/mol. The molecule has 6 aromatic heterocycles. The molecule has 0 N–H and O–H groups in total. The van der Waals surface area contributed by atoms with Gasteiger partial charge in [0.15, 0.2) is 0 Å². The van der Waals surface area contributed by atoms with Crippen molar-refractivity contribution in [2.24, 2.45) is 0 Å². The standard InChI is InChI=1S/C74H46N8/c1-9-34-63-53(26-1)54-27-2-10-35-64(54)79(63)71-45-61(75-73(77-71)81-67-38-13-5-30-57(67)58-31-6-14-39-68(58)81)51-24-18-22-49(43-51)47-20-17-21-48(42-47)50-23-19-25-52(44-50)62-46-72(80-65-36-11-3-28-55(65)56-29-4-12-37-66(56)80)78-74(76-62)82-69-40-15-7-32-59(69)60-33-8-16-41-70(60)82/h1-46H. The average Bonchev–Trinajstić information content (AvgIpc) is 4.48. The second kappa shape index (κ2) is 18.2. The highest BCUT2D eigenvalue weighted by Gasteiger charge is 2.22. The van der Waals surface area contributed by atoms with E-state index in [1.807, 2.05) is 0 Å². The maximum absolute atomic E-state index is 5.49. The molecule has 0 saturated heterocycles. The summed E-state index contributed by atoms with van der Waals surface area (Å²) in [6.07, 6.45) is 0. The van der Waals surface area contributed by atoms with E-state index in [1.54, 1.807) is 0 Å². The molecule has 17 rings (SSSR count). The van der Waals surface area contributed by atoms with Crippen LogP contribution in [0.2, 0.25) is 0 Å². The second-order valence-electron chi connectivity index (χ2n) is 21.0. The first-order valence-electron chi connectivity index (χ1n) is 27.7. The molecule has 0 aliphatic heterocycles. The van der Waals surface area contributed by atoms with E-state index in [4.69, 9.17) is 19.9 Å². The van der Waals surface area contributed by atoms with Gasteiger partial charge in [0, 0.05) is 66.3 Å². The molecule has 0 radical (unpaired) electrons. The molecule has 382 valence electrons. The number of rotatable bonds is 8. The normalized spacial score (nSPS) is 11.9. The molecule has 8 heteroatoms. The Hall–Kier alpha value is -11.2. The monoisotopic (exact) mass is 1050 g/mol. The Bertz CT molecular complexity index is 4630. The van der Waals surface area contributed by atoms with Crippen LogP contribution in [0.15, 0.2) is 279 Å². The Labute approximate surface area is 470 Å². The van der Waals surface area contributed by atoms with Gasteiger partial charge in [0.2, 0.25) is 11.9 Å². The van der Waals surface area contributed by atoms with Crippen molar-refractivity contribution in [2.45, 2.75) is 0 Å². The molecule has 82 heavy (non-hydrogen) atoms. The largest absolute Gasteiger partial charge is 0.294 e. The Kier molecular flexibility index (Phi) is 10.1. The summed E-state index contributed by atoms with van der Waals surface area (Å²) in [6.45, 7) is 0. The zero-order valence-corrected chi connectivity index (χ0v) is 44.1. The van der Waals surface area contributed by atoms with Crippen molar-refractivity contribution in [1.29, 1.82) is 0 Å². The van der Waals surface area contributed by atoms with Crippen LogP contribution in [0.25, 0.3) is 156 Å². The molecule has 0 bridgehead atoms. The van der Waals surface area contributed by atoms with Gasteiger partial charge in [-0.05, 0) is 89.0 Å². The van der Waals surface area contributed by atoms with Crippen LogP contribution >= 0.6 is 0 Å². The third-order valence-electron chi connectivity index (χ3n) is 16.4. The Morgan fingerprint density at radius 1 is 0.183 bits per heavy atom. The molecule has 11 aromatic carbocycles. The smallest absolute Gasteiger partial charge is 0.237 e. The molecule has 17 aromatic rings. The summed E-state index contributed by atoms with van der Waals surface area (Å²) in [5, 5.41) is 9.32. The van der Waals surface area contributed by atoms with E-state index in [-0.39, 0.29) is 0 Å². The summed E-state index contributed by atoms with van der Waals surface area (Å²) in [6, 6.07) is 99.1. The number of benzene rings is 11. The summed E-state index contributed by atoms with van der Waals surface area (Å²) in [5.74, 6) is 2.79. The van der Waals surface area contributed by atoms with Crippen LogP contribution in [0.5, 0.6) is 0 Å². The minimum atomic E-state index is 0.604. The first-order chi connectivity index (χ1) is 40.7. The van der Waals surface area contributed by atoms with E-state index in [0.29, 0.717) is 11.9 Å². The lowest BCUT2D eigenvalue weighted by atomic mass is 9.96. The SMILES string of the molecule is c1cc(-c2cccc(-c3cc(-n4c5ccccc5c5ccccc54)nc(-n4c5ccccc5c5ccccc54)n3)c2)cc(-c2cccc(-c3cc(-n4c5ccccc5c5ccccc54)nc(-n4c5ccccc5c5ccccc54)n3)c2)c1. The fraction of sp³-hybridized carbons (Fsp3) is 0. The van der Waals surface area contributed by atoms with Crippen molar-refractivity contribution in [3.05, 3.63) is 279 Å². The van der Waals surface area contributed by atoms with Gasteiger partial charge in [-0.1, -0.05) is 200 Å². The van der Waals surface area contributed by atoms with Crippen molar-refractivity contribution >= 4 is 87.2 Å². The predicted octanol–water partition coefficient (Wildman–Crippen LogP) is 18.3. The van der Waals surface area contributed by atoms with Crippen LogP contribution in [-0.4, -0.2) is 38.2 Å². The Balaban J connectivity index is 0.803. The van der Waals surface area contributed by atoms with Crippen LogP contribution < -0.4 is 0 Å². The van der Waals surface area contributed by atoms with Crippen LogP contribution in [0, 0.1) is 0 Å². The molecule has 0 unspecified atom stereocenters. The fourth-order valence-electron chi connectivity index (χ4n) is 12.8. The summed E-state index contributed by atoms with van der Waals surface area (Å²) < 4.78 is 9.00. The summed E-state index contributed by atoms with van der Waals surface area (Å²) in [7, 11) is 0. The first kappa shape index (κ1) is 45.8. The molecule has 0 atom stereocenters. The molecular formula is C74H46N8. The van der Waals surface area contributed by atoms with Crippen molar-refractivity contribution in [1.82, 2.24) is 38.2 Å². The van der Waals surface area contributed by atoms with E-state index in [2.05, 4.69) is 297 Å². The minimum absolute atomic E-state index is 0.604. The minimum Gasteiger partial charge on any atom is -0.294 e. The van der Waals surface area contributed by atoms with Gasteiger partial charge in [0.1, 0.15) is 11.6 Å². The van der Waals surface area contributed by atoms with Gasteiger partial charge in [0.25, 0.3) is 0 Å². The Morgan fingerprint density at radius 3 is 0.671 bits per heavy atom. The molecule has 0 aliphatic rings. The van der Waals surface area contributed by atoms with Crippen LogP contribution in [0.1, 0.15) is 0 Å². The maximum atomic E-state index is 5.49. The van der Waals surface area contributed by atoms with Crippen LogP contribution in [0.3, 0.4) is 0 Å². The molecule has 0 aliphatic carbocycles. The predicted molar refractivity (Wildman–Crippen MR) is 337 cm³/mol. The van der Waals surface area contributed by atoms with Gasteiger partial charge in [-0.2, -0.15) is 9.97 Å². The number of aromatic nitrogens is 8.